The van der Waals surface area contributed by atoms with Crippen molar-refractivity contribution in [1.29, 1.82) is 0 Å². The van der Waals surface area contributed by atoms with Crippen LogP contribution in [0.4, 0.5) is 0 Å². The van der Waals surface area contributed by atoms with Crippen molar-refractivity contribution in [2.24, 2.45) is 0 Å². The summed E-state index contributed by atoms with van der Waals surface area (Å²) in [4.78, 5) is 9.45. The van der Waals surface area contributed by atoms with Gasteiger partial charge in [0, 0.05) is 19.5 Å². The number of hydrogen-bond donors (Lipinski definition) is 2. The molecular formula is C3H6O3Zn. The number of carbonyl (C=O) groups is 1. The minimum absolute atomic E-state index is 0. The number of carboxylic acid groups (broad SMARTS) is 1. The van der Waals surface area contributed by atoms with Crippen molar-refractivity contribution in [2.75, 3.05) is 0 Å². The number of aliphatic hydroxyl groups is 1. The maximum atomic E-state index is 9.45. The molecule has 0 aromatic rings. The van der Waals surface area contributed by atoms with Gasteiger partial charge in [-0.1, -0.05) is 0 Å². The van der Waals surface area contributed by atoms with Crippen molar-refractivity contribution in [2.45, 2.75) is 13.0 Å². The Morgan fingerprint density at radius 1 is 1.71 bits per heavy atom. The van der Waals surface area contributed by atoms with Crippen molar-refractivity contribution in [3.63, 3.8) is 0 Å². The van der Waals surface area contributed by atoms with Crippen LogP contribution in [0.5, 0.6) is 0 Å². The summed E-state index contributed by atoms with van der Waals surface area (Å²) in [5.74, 6) is -1.19. The molecule has 0 bridgehead atoms. The molecule has 0 saturated heterocycles. The fraction of sp³-hybridized carbons (Fsp3) is 0.667. The third kappa shape index (κ3) is 6.05. The Bertz CT molecular complexity index is 61.2. The van der Waals surface area contributed by atoms with Crippen LogP contribution in [-0.4, -0.2) is 22.3 Å². The van der Waals surface area contributed by atoms with Crippen LogP contribution >= 0.6 is 0 Å². The van der Waals surface area contributed by atoms with E-state index >= 15 is 0 Å². The van der Waals surface area contributed by atoms with E-state index in [2.05, 4.69) is 0 Å². The van der Waals surface area contributed by atoms with Gasteiger partial charge in [-0.2, -0.15) is 0 Å². The summed E-state index contributed by atoms with van der Waals surface area (Å²) in [5.41, 5.74) is 0. The van der Waals surface area contributed by atoms with E-state index in [1.54, 1.807) is 0 Å². The molecule has 0 aliphatic carbocycles. The van der Waals surface area contributed by atoms with Gasteiger partial charge in [0.15, 0.2) is 0 Å². The smallest absolute Gasteiger partial charge is 0.332 e. The van der Waals surface area contributed by atoms with Crippen LogP contribution in [-0.2, 0) is 24.3 Å². The number of rotatable bonds is 1. The molecule has 7 heavy (non-hydrogen) atoms. The van der Waals surface area contributed by atoms with E-state index in [0.717, 1.165) is 0 Å². The van der Waals surface area contributed by atoms with Gasteiger partial charge < -0.3 is 10.2 Å². The molecule has 0 aromatic carbocycles. The van der Waals surface area contributed by atoms with Crippen LogP contribution < -0.4 is 0 Å². The van der Waals surface area contributed by atoms with E-state index in [-0.39, 0.29) is 19.5 Å². The predicted octanol–water partition coefficient (Wildman–Crippen LogP) is -0.551. The Kier molecular flexibility index (Phi) is 6.10. The van der Waals surface area contributed by atoms with Crippen LogP contribution in [0.1, 0.15) is 6.92 Å². The Labute approximate surface area is 54.1 Å². The molecule has 0 amide bonds. The monoisotopic (exact) mass is 154 g/mol. The molecule has 0 aromatic heterocycles. The third-order valence-corrected chi connectivity index (χ3v) is 0.357. The van der Waals surface area contributed by atoms with Gasteiger partial charge in [0.2, 0.25) is 0 Å². The molecule has 0 radical (unpaired) electrons. The maximum Gasteiger partial charge on any atom is 0.332 e. The molecule has 0 rings (SSSR count). The Hall–Kier alpha value is 0.0534. The Morgan fingerprint density at radius 2 is 1.86 bits per heavy atom. The van der Waals surface area contributed by atoms with Crippen LogP contribution in [0.3, 0.4) is 0 Å². The molecule has 0 heterocycles. The SMILES string of the molecule is C[C@@H](O)C(=O)O.[Zn]. The molecule has 38 valence electrons. The van der Waals surface area contributed by atoms with E-state index in [1.807, 2.05) is 0 Å². The van der Waals surface area contributed by atoms with Crippen molar-refractivity contribution >= 4 is 5.97 Å². The van der Waals surface area contributed by atoms with E-state index in [4.69, 9.17) is 10.2 Å². The molecule has 0 saturated carbocycles. The standard InChI is InChI=1S/C3H6O3.Zn/c1-2(4)3(5)6;/h2,4H,1H3,(H,5,6);/t2-;/m1./s1. The second kappa shape index (κ2) is 4.22. The summed E-state index contributed by atoms with van der Waals surface area (Å²) in [7, 11) is 0. The van der Waals surface area contributed by atoms with Crippen LogP contribution in [0, 0.1) is 0 Å². The largest absolute Gasteiger partial charge is 0.479 e. The van der Waals surface area contributed by atoms with E-state index in [9.17, 15) is 4.79 Å². The number of carboxylic acids is 1. The van der Waals surface area contributed by atoms with Gasteiger partial charge in [0.1, 0.15) is 6.10 Å². The van der Waals surface area contributed by atoms with Crippen LogP contribution in [0.15, 0.2) is 0 Å². The zero-order chi connectivity index (χ0) is 5.15. The molecule has 1 atom stereocenters. The van der Waals surface area contributed by atoms with E-state index in [0.29, 0.717) is 0 Å². The van der Waals surface area contributed by atoms with Crippen molar-refractivity contribution < 1.29 is 34.5 Å². The molecular weight excluding hydrogens is 149 g/mol. The van der Waals surface area contributed by atoms with Crippen LogP contribution in [0.25, 0.3) is 0 Å². The quantitative estimate of drug-likeness (QED) is 0.500. The van der Waals surface area contributed by atoms with Crippen molar-refractivity contribution in [1.82, 2.24) is 0 Å². The summed E-state index contributed by atoms with van der Waals surface area (Å²) >= 11 is 0. The first-order valence-electron chi connectivity index (χ1n) is 1.55. The first-order valence-corrected chi connectivity index (χ1v) is 1.55. The Morgan fingerprint density at radius 3 is 1.86 bits per heavy atom. The summed E-state index contributed by atoms with van der Waals surface area (Å²) in [5, 5.41) is 15.8. The van der Waals surface area contributed by atoms with Gasteiger partial charge in [-0.3, -0.25) is 0 Å². The topological polar surface area (TPSA) is 57.5 Å². The average Bonchev–Trinajstić information content (AvgIpc) is 1.36. The fourth-order valence-electron chi connectivity index (χ4n) is 0. The maximum absolute atomic E-state index is 9.45. The predicted molar refractivity (Wildman–Crippen MR) is 19.3 cm³/mol. The number of aliphatic carboxylic acids is 1. The van der Waals surface area contributed by atoms with Crippen molar-refractivity contribution in [3.8, 4) is 0 Å². The zero-order valence-corrected chi connectivity index (χ0v) is 7.05. The first kappa shape index (κ1) is 10.1. The molecule has 0 aliphatic rings. The minimum atomic E-state index is -1.23. The summed E-state index contributed by atoms with van der Waals surface area (Å²) in [6.07, 6.45) is -1.23. The molecule has 2 N–H and O–H groups in total. The van der Waals surface area contributed by atoms with Gasteiger partial charge in [-0.25, -0.2) is 4.79 Å². The minimum Gasteiger partial charge on any atom is -0.479 e. The molecule has 0 fully saturated rings. The normalized spacial score (nSPS) is 11.7. The van der Waals surface area contributed by atoms with E-state index in [1.165, 1.54) is 6.92 Å². The third-order valence-electron chi connectivity index (χ3n) is 0.357. The summed E-state index contributed by atoms with van der Waals surface area (Å²) in [6, 6.07) is 0. The second-order valence-electron chi connectivity index (χ2n) is 1.01. The number of hydrogen-bond acceptors (Lipinski definition) is 2. The van der Waals surface area contributed by atoms with Gasteiger partial charge in [-0.15, -0.1) is 0 Å². The first-order chi connectivity index (χ1) is 2.64. The zero-order valence-electron chi connectivity index (χ0n) is 4.09. The Balaban J connectivity index is 0. The molecule has 3 nitrogen and oxygen atoms in total. The molecule has 0 aliphatic heterocycles. The summed E-state index contributed by atoms with van der Waals surface area (Å²) in [6.45, 7) is 1.20. The molecule has 0 spiro atoms. The second-order valence-corrected chi connectivity index (χ2v) is 1.01. The molecule has 4 heteroatoms. The van der Waals surface area contributed by atoms with E-state index < -0.39 is 12.1 Å². The fourth-order valence-corrected chi connectivity index (χ4v) is 0. The van der Waals surface area contributed by atoms with Crippen molar-refractivity contribution in [3.05, 3.63) is 0 Å². The van der Waals surface area contributed by atoms with Crippen LogP contribution in [0.2, 0.25) is 0 Å². The average molecular weight is 155 g/mol. The van der Waals surface area contributed by atoms with Gasteiger partial charge in [0.05, 0.1) is 0 Å². The summed E-state index contributed by atoms with van der Waals surface area (Å²) < 4.78 is 0. The van der Waals surface area contributed by atoms with Gasteiger partial charge in [0.25, 0.3) is 0 Å². The van der Waals surface area contributed by atoms with Gasteiger partial charge in [-0.05, 0) is 6.92 Å². The molecule has 0 unspecified atom stereocenters. The number of aliphatic hydroxyl groups excluding tert-OH is 1. The van der Waals surface area contributed by atoms with Gasteiger partial charge >= 0.3 is 5.97 Å².